The van der Waals surface area contributed by atoms with Gasteiger partial charge >= 0.3 is 0 Å². The molecule has 2 aromatic carbocycles. The molecule has 0 spiro atoms. The quantitative estimate of drug-likeness (QED) is 0.859. The lowest BCUT2D eigenvalue weighted by atomic mass is 10.00. The topological polar surface area (TPSA) is 32.3 Å². The number of halogens is 1. The second-order valence-electron chi connectivity index (χ2n) is 5.20. The van der Waals surface area contributed by atoms with E-state index >= 15 is 0 Å². The Hall–Kier alpha value is -1.87. The molecule has 2 nitrogen and oxygen atoms in total. The molecule has 3 heteroatoms. The molecule has 1 atom stereocenters. The van der Waals surface area contributed by atoms with Gasteiger partial charge in [-0.15, -0.1) is 0 Å². The summed E-state index contributed by atoms with van der Waals surface area (Å²) in [5, 5.41) is 13.0. The molecule has 2 N–H and O–H groups in total. The minimum atomic E-state index is -0.657. The van der Waals surface area contributed by atoms with Crippen molar-refractivity contribution in [3.63, 3.8) is 0 Å². The summed E-state index contributed by atoms with van der Waals surface area (Å²) in [5.41, 5.74) is 2.48. The predicted octanol–water partition coefficient (Wildman–Crippen LogP) is 4.09. The molecule has 0 amide bonds. The van der Waals surface area contributed by atoms with Gasteiger partial charge in [-0.05, 0) is 29.2 Å². The number of hydrogen-bond acceptors (Lipinski definition) is 2. The first-order valence-corrected chi connectivity index (χ1v) is 6.84. The number of hydrogen-bond donors (Lipinski definition) is 2. The molecule has 0 saturated heterocycles. The van der Waals surface area contributed by atoms with Crippen molar-refractivity contribution in [1.29, 1.82) is 0 Å². The molecule has 0 heterocycles. The minimum Gasteiger partial charge on any atom is -0.387 e. The van der Waals surface area contributed by atoms with Crippen LogP contribution in [0.25, 0.3) is 0 Å². The van der Waals surface area contributed by atoms with Gasteiger partial charge < -0.3 is 10.4 Å². The monoisotopic (exact) mass is 273 g/mol. The third-order valence-electron chi connectivity index (χ3n) is 3.35. The lowest BCUT2D eigenvalue weighted by Crippen LogP contribution is -2.13. The Balaban J connectivity index is 1.98. The molecule has 1 unspecified atom stereocenters. The Labute approximate surface area is 119 Å². The van der Waals surface area contributed by atoms with Crippen molar-refractivity contribution >= 4 is 5.69 Å². The third kappa shape index (κ3) is 3.58. The van der Waals surface area contributed by atoms with Crippen molar-refractivity contribution in [3.8, 4) is 0 Å². The van der Waals surface area contributed by atoms with Gasteiger partial charge in [-0.2, -0.15) is 0 Å². The Morgan fingerprint density at radius 1 is 1.00 bits per heavy atom. The van der Waals surface area contributed by atoms with Gasteiger partial charge in [-0.25, -0.2) is 4.39 Å². The summed E-state index contributed by atoms with van der Waals surface area (Å²) in [6.45, 7) is 4.54. The number of anilines is 1. The molecule has 106 valence electrons. The van der Waals surface area contributed by atoms with Crippen molar-refractivity contribution in [3.05, 3.63) is 65.5 Å². The van der Waals surface area contributed by atoms with E-state index in [0.29, 0.717) is 11.6 Å². The summed E-state index contributed by atoms with van der Waals surface area (Å²) in [7, 11) is 0. The first kappa shape index (κ1) is 14.5. The molecular weight excluding hydrogens is 253 g/mol. The molecule has 0 bridgehead atoms. The maximum atomic E-state index is 13.4. The van der Waals surface area contributed by atoms with Gasteiger partial charge in [0.2, 0.25) is 0 Å². The van der Waals surface area contributed by atoms with Gasteiger partial charge in [0.1, 0.15) is 5.82 Å². The molecule has 0 saturated carbocycles. The largest absolute Gasteiger partial charge is 0.387 e. The van der Waals surface area contributed by atoms with E-state index < -0.39 is 6.10 Å². The van der Waals surface area contributed by atoms with E-state index in [2.05, 4.69) is 19.2 Å². The number of benzene rings is 2. The van der Waals surface area contributed by atoms with Crippen LogP contribution in [0.3, 0.4) is 0 Å². The Morgan fingerprint density at radius 3 is 2.20 bits per heavy atom. The van der Waals surface area contributed by atoms with Gasteiger partial charge in [0.05, 0.1) is 11.8 Å². The van der Waals surface area contributed by atoms with Crippen molar-refractivity contribution in [2.75, 3.05) is 11.9 Å². The summed E-state index contributed by atoms with van der Waals surface area (Å²) < 4.78 is 13.4. The summed E-state index contributed by atoms with van der Waals surface area (Å²) in [4.78, 5) is 0. The van der Waals surface area contributed by atoms with Crippen molar-refractivity contribution in [2.24, 2.45) is 0 Å². The second-order valence-corrected chi connectivity index (χ2v) is 5.20. The first-order chi connectivity index (χ1) is 9.58. The Morgan fingerprint density at radius 2 is 1.60 bits per heavy atom. The lowest BCUT2D eigenvalue weighted by Gasteiger charge is -2.14. The number of nitrogens with one attached hydrogen (secondary N) is 1. The SMILES string of the molecule is CC(C)c1ccc(C(O)CNc2ccccc2F)cc1. The molecule has 0 fully saturated rings. The van der Waals surface area contributed by atoms with Crippen molar-refractivity contribution in [2.45, 2.75) is 25.9 Å². The molecule has 0 aliphatic rings. The fourth-order valence-corrected chi connectivity index (χ4v) is 2.03. The van der Waals surface area contributed by atoms with Gasteiger partial charge in [-0.3, -0.25) is 0 Å². The average molecular weight is 273 g/mol. The van der Waals surface area contributed by atoms with E-state index in [1.165, 1.54) is 11.6 Å². The second kappa shape index (κ2) is 6.53. The number of para-hydroxylation sites is 1. The van der Waals surface area contributed by atoms with Crippen LogP contribution in [0.2, 0.25) is 0 Å². The highest BCUT2D eigenvalue weighted by Gasteiger charge is 2.09. The van der Waals surface area contributed by atoms with Crippen LogP contribution in [-0.2, 0) is 0 Å². The van der Waals surface area contributed by atoms with Crippen LogP contribution in [0.4, 0.5) is 10.1 Å². The number of aliphatic hydroxyl groups excluding tert-OH is 1. The highest BCUT2D eigenvalue weighted by molar-refractivity contribution is 5.44. The standard InChI is InChI=1S/C17H20FNO/c1-12(2)13-7-9-14(10-8-13)17(20)11-19-16-6-4-3-5-15(16)18/h3-10,12,17,19-20H,11H2,1-2H3. The molecule has 0 aromatic heterocycles. The zero-order chi connectivity index (χ0) is 14.5. The minimum absolute atomic E-state index is 0.280. The van der Waals surface area contributed by atoms with Crippen LogP contribution >= 0.6 is 0 Å². The summed E-state index contributed by atoms with van der Waals surface area (Å²) >= 11 is 0. The predicted molar refractivity (Wildman–Crippen MR) is 80.4 cm³/mol. The van der Waals surface area contributed by atoms with Crippen LogP contribution in [0.5, 0.6) is 0 Å². The normalized spacial score (nSPS) is 12.4. The van der Waals surface area contributed by atoms with Crippen LogP contribution < -0.4 is 5.32 Å². The third-order valence-corrected chi connectivity index (χ3v) is 3.35. The average Bonchev–Trinajstić information content (AvgIpc) is 2.46. The van der Waals surface area contributed by atoms with Gasteiger partial charge in [0, 0.05) is 6.54 Å². The summed E-state index contributed by atoms with van der Waals surface area (Å²) in [6, 6.07) is 14.3. The van der Waals surface area contributed by atoms with E-state index in [0.717, 1.165) is 5.56 Å². The smallest absolute Gasteiger partial charge is 0.146 e. The Bertz CT molecular complexity index is 551. The van der Waals surface area contributed by atoms with E-state index in [4.69, 9.17) is 0 Å². The van der Waals surface area contributed by atoms with Crippen LogP contribution in [0.15, 0.2) is 48.5 Å². The van der Waals surface area contributed by atoms with Gasteiger partial charge in [-0.1, -0.05) is 50.2 Å². The van der Waals surface area contributed by atoms with Crippen LogP contribution in [-0.4, -0.2) is 11.7 Å². The van der Waals surface area contributed by atoms with Crippen LogP contribution in [0, 0.1) is 5.82 Å². The lowest BCUT2D eigenvalue weighted by molar-refractivity contribution is 0.191. The zero-order valence-electron chi connectivity index (χ0n) is 11.8. The zero-order valence-corrected chi connectivity index (χ0v) is 11.8. The Kier molecular flexibility index (Phi) is 4.74. The van der Waals surface area contributed by atoms with Gasteiger partial charge in [0.15, 0.2) is 0 Å². The van der Waals surface area contributed by atoms with E-state index in [-0.39, 0.29) is 12.4 Å². The first-order valence-electron chi connectivity index (χ1n) is 6.84. The maximum absolute atomic E-state index is 13.4. The molecule has 2 rings (SSSR count). The highest BCUT2D eigenvalue weighted by Crippen LogP contribution is 2.20. The molecule has 0 radical (unpaired) electrons. The molecule has 20 heavy (non-hydrogen) atoms. The highest BCUT2D eigenvalue weighted by atomic mass is 19.1. The molecule has 0 aliphatic carbocycles. The van der Waals surface area contributed by atoms with E-state index in [9.17, 15) is 9.50 Å². The molecule has 0 aliphatic heterocycles. The van der Waals surface area contributed by atoms with Crippen molar-refractivity contribution in [1.82, 2.24) is 0 Å². The number of rotatable bonds is 5. The summed E-state index contributed by atoms with van der Waals surface area (Å²) in [6.07, 6.45) is -0.657. The van der Waals surface area contributed by atoms with Crippen LogP contribution in [0.1, 0.15) is 37.0 Å². The fraction of sp³-hybridized carbons (Fsp3) is 0.294. The fourth-order valence-electron chi connectivity index (χ4n) is 2.03. The number of aliphatic hydroxyl groups is 1. The van der Waals surface area contributed by atoms with E-state index in [1.807, 2.05) is 24.3 Å². The van der Waals surface area contributed by atoms with Crippen molar-refractivity contribution < 1.29 is 9.50 Å². The maximum Gasteiger partial charge on any atom is 0.146 e. The van der Waals surface area contributed by atoms with E-state index in [1.54, 1.807) is 18.2 Å². The molecule has 2 aromatic rings. The summed E-state index contributed by atoms with van der Waals surface area (Å²) in [5.74, 6) is 0.160. The van der Waals surface area contributed by atoms with Gasteiger partial charge in [0.25, 0.3) is 0 Å². The molecular formula is C17H20FNO.